The van der Waals surface area contributed by atoms with Gasteiger partial charge < -0.3 is 15.4 Å². The maximum atomic E-state index is 12.5. The Morgan fingerprint density at radius 1 is 1.00 bits per heavy atom. The van der Waals surface area contributed by atoms with E-state index in [4.69, 9.17) is 16.3 Å². The van der Waals surface area contributed by atoms with E-state index >= 15 is 0 Å². The number of benzene rings is 1. The van der Waals surface area contributed by atoms with Gasteiger partial charge in [0.15, 0.2) is 5.82 Å². The molecule has 0 aliphatic carbocycles. The Kier molecular flexibility index (Phi) is 6.81. The fourth-order valence-electron chi connectivity index (χ4n) is 2.38. The number of sulfonamides is 1. The predicted molar refractivity (Wildman–Crippen MR) is 111 cm³/mol. The molecule has 3 N–H and O–H groups in total. The Balaban J connectivity index is 1.52. The fourth-order valence-corrected chi connectivity index (χ4v) is 3.84. The van der Waals surface area contributed by atoms with Gasteiger partial charge in [-0.05, 0) is 42.5 Å². The monoisotopic (exact) mass is 434 g/mol. The normalized spacial score (nSPS) is 11.1. The highest BCUT2D eigenvalue weighted by atomic mass is 35.5. The summed E-state index contributed by atoms with van der Waals surface area (Å²) < 4.78 is 32.5. The van der Waals surface area contributed by atoms with Crippen molar-refractivity contribution >= 4 is 39.1 Å². The molecule has 0 saturated heterocycles. The van der Waals surface area contributed by atoms with Crippen molar-refractivity contribution in [3.63, 3.8) is 0 Å². The molecule has 3 rings (SSSR count). The van der Waals surface area contributed by atoms with Crippen LogP contribution in [0.3, 0.4) is 0 Å². The maximum Gasteiger partial charge on any atom is 0.244 e. The second-order valence-corrected chi connectivity index (χ2v) is 7.94. The first-order valence-electron chi connectivity index (χ1n) is 8.57. The van der Waals surface area contributed by atoms with Crippen molar-refractivity contribution in [3.05, 3.63) is 59.8 Å². The third-order valence-corrected chi connectivity index (χ3v) is 5.44. The maximum absolute atomic E-state index is 12.5. The average molecular weight is 435 g/mol. The molecular formula is C18H19ClN6O3S. The quantitative estimate of drug-likeness (QED) is 0.440. The average Bonchev–Trinajstić information content (AvgIpc) is 2.73. The van der Waals surface area contributed by atoms with Gasteiger partial charge >= 0.3 is 0 Å². The van der Waals surface area contributed by atoms with Crippen molar-refractivity contribution in [2.24, 2.45) is 0 Å². The molecule has 9 nitrogen and oxygen atoms in total. The van der Waals surface area contributed by atoms with Gasteiger partial charge in [0.05, 0.1) is 7.11 Å². The van der Waals surface area contributed by atoms with Crippen molar-refractivity contribution in [1.29, 1.82) is 0 Å². The van der Waals surface area contributed by atoms with E-state index in [-0.39, 0.29) is 17.2 Å². The van der Waals surface area contributed by atoms with Crippen molar-refractivity contribution < 1.29 is 13.2 Å². The van der Waals surface area contributed by atoms with Gasteiger partial charge in [0.2, 0.25) is 10.0 Å². The summed E-state index contributed by atoms with van der Waals surface area (Å²) in [6.07, 6.45) is 1.67. The highest BCUT2D eigenvalue weighted by Crippen LogP contribution is 2.26. The van der Waals surface area contributed by atoms with E-state index in [9.17, 15) is 8.42 Å². The van der Waals surface area contributed by atoms with Crippen LogP contribution in [0.4, 0.5) is 17.5 Å². The summed E-state index contributed by atoms with van der Waals surface area (Å²) in [4.78, 5) is 4.13. The van der Waals surface area contributed by atoms with Crippen LogP contribution < -0.4 is 20.1 Å². The van der Waals surface area contributed by atoms with E-state index < -0.39 is 10.0 Å². The number of hydrogen-bond donors (Lipinski definition) is 3. The molecular weight excluding hydrogens is 416 g/mol. The van der Waals surface area contributed by atoms with Crippen LogP contribution in [0.2, 0.25) is 5.02 Å². The minimum absolute atomic E-state index is 0.0164. The lowest BCUT2D eigenvalue weighted by molar-refractivity contribution is 0.402. The lowest BCUT2D eigenvalue weighted by Crippen LogP contribution is -2.29. The summed E-state index contributed by atoms with van der Waals surface area (Å²) in [7, 11) is -2.38. The molecule has 0 saturated carbocycles. The largest absolute Gasteiger partial charge is 0.495 e. The molecule has 0 unspecified atom stereocenters. The van der Waals surface area contributed by atoms with Gasteiger partial charge in [-0.15, -0.1) is 10.2 Å². The Hall–Kier alpha value is -2.95. The summed E-state index contributed by atoms with van der Waals surface area (Å²) >= 11 is 5.90. The SMILES string of the molecule is COc1ccc(Cl)cc1S(=O)(=O)NCCNc1ccc(Nc2ccccn2)nn1. The number of aromatic nitrogens is 3. The van der Waals surface area contributed by atoms with Gasteiger partial charge in [-0.25, -0.2) is 18.1 Å². The van der Waals surface area contributed by atoms with Crippen LogP contribution in [0.15, 0.2) is 59.6 Å². The molecule has 0 bridgehead atoms. The van der Waals surface area contributed by atoms with Crippen LogP contribution in [0.1, 0.15) is 0 Å². The Morgan fingerprint density at radius 3 is 2.48 bits per heavy atom. The highest BCUT2D eigenvalue weighted by molar-refractivity contribution is 7.89. The van der Waals surface area contributed by atoms with Crippen LogP contribution in [-0.4, -0.2) is 43.8 Å². The molecule has 0 aliphatic rings. The standard InChI is InChI=1S/C18H19ClN6O3S/c1-28-14-6-5-13(19)12-15(14)29(26,27)22-11-10-21-17-7-8-18(25-24-17)23-16-4-2-3-9-20-16/h2-9,12,22H,10-11H2,1H3,(H,21,24)(H,20,23,25). The number of methoxy groups -OCH3 is 1. The minimum Gasteiger partial charge on any atom is -0.495 e. The molecule has 0 atom stereocenters. The van der Waals surface area contributed by atoms with Gasteiger partial charge in [0.25, 0.3) is 0 Å². The first-order chi connectivity index (χ1) is 14.0. The lowest BCUT2D eigenvalue weighted by atomic mass is 10.3. The lowest BCUT2D eigenvalue weighted by Gasteiger charge is -2.11. The highest BCUT2D eigenvalue weighted by Gasteiger charge is 2.19. The van der Waals surface area contributed by atoms with E-state index in [1.807, 2.05) is 18.2 Å². The van der Waals surface area contributed by atoms with E-state index in [2.05, 4.69) is 30.5 Å². The second kappa shape index (κ2) is 9.50. The van der Waals surface area contributed by atoms with Crippen molar-refractivity contribution in [1.82, 2.24) is 19.9 Å². The minimum atomic E-state index is -3.77. The number of pyridine rings is 1. The predicted octanol–water partition coefficient (Wildman–Crippen LogP) is 2.67. The van der Waals surface area contributed by atoms with Crippen LogP contribution >= 0.6 is 11.6 Å². The van der Waals surface area contributed by atoms with E-state index in [0.29, 0.717) is 29.0 Å². The van der Waals surface area contributed by atoms with E-state index in [1.54, 1.807) is 24.4 Å². The number of ether oxygens (including phenoxy) is 1. The summed E-state index contributed by atoms with van der Waals surface area (Å²) in [5.74, 6) is 1.93. The molecule has 29 heavy (non-hydrogen) atoms. The van der Waals surface area contributed by atoms with Crippen molar-refractivity contribution in [3.8, 4) is 5.75 Å². The molecule has 0 amide bonds. The Labute approximate surface area is 173 Å². The zero-order chi connectivity index (χ0) is 20.7. The molecule has 0 spiro atoms. The number of nitrogens with zero attached hydrogens (tertiary/aromatic N) is 3. The molecule has 0 fully saturated rings. The van der Waals surface area contributed by atoms with E-state index in [1.165, 1.54) is 19.2 Å². The van der Waals surface area contributed by atoms with Crippen LogP contribution in [0.5, 0.6) is 5.75 Å². The van der Waals surface area contributed by atoms with Gasteiger partial charge in [-0.1, -0.05) is 17.7 Å². The molecule has 2 aromatic heterocycles. The number of nitrogens with one attached hydrogen (secondary N) is 3. The third-order valence-electron chi connectivity index (χ3n) is 3.72. The molecule has 3 aromatic rings. The molecule has 152 valence electrons. The summed E-state index contributed by atoms with van der Waals surface area (Å²) in [6, 6.07) is 13.4. The Morgan fingerprint density at radius 2 is 1.79 bits per heavy atom. The first-order valence-corrected chi connectivity index (χ1v) is 10.4. The van der Waals surface area contributed by atoms with Crippen LogP contribution in [-0.2, 0) is 10.0 Å². The van der Waals surface area contributed by atoms with Gasteiger partial charge in [0, 0.05) is 24.3 Å². The number of hydrogen-bond acceptors (Lipinski definition) is 8. The van der Waals surface area contributed by atoms with Crippen molar-refractivity contribution in [2.45, 2.75) is 4.90 Å². The van der Waals surface area contributed by atoms with E-state index in [0.717, 1.165) is 0 Å². The summed E-state index contributed by atoms with van der Waals surface area (Å²) in [5.41, 5.74) is 0. The molecule has 2 heterocycles. The third kappa shape index (κ3) is 5.76. The smallest absolute Gasteiger partial charge is 0.244 e. The summed E-state index contributed by atoms with van der Waals surface area (Å²) in [6.45, 7) is 0.442. The zero-order valence-electron chi connectivity index (χ0n) is 15.5. The molecule has 0 aliphatic heterocycles. The van der Waals surface area contributed by atoms with Crippen molar-refractivity contribution in [2.75, 3.05) is 30.8 Å². The van der Waals surface area contributed by atoms with Gasteiger partial charge in [0.1, 0.15) is 22.3 Å². The molecule has 11 heteroatoms. The zero-order valence-corrected chi connectivity index (χ0v) is 17.0. The fraction of sp³-hybridized carbons (Fsp3) is 0.167. The first kappa shape index (κ1) is 20.8. The topological polar surface area (TPSA) is 118 Å². The van der Waals surface area contributed by atoms with Crippen LogP contribution in [0, 0.1) is 0 Å². The van der Waals surface area contributed by atoms with Gasteiger partial charge in [-0.3, -0.25) is 0 Å². The number of halogens is 1. The second-order valence-electron chi connectivity index (χ2n) is 5.76. The molecule has 0 radical (unpaired) electrons. The number of rotatable bonds is 9. The number of anilines is 3. The Bertz CT molecular complexity index is 1050. The van der Waals surface area contributed by atoms with Gasteiger partial charge in [-0.2, -0.15) is 0 Å². The van der Waals surface area contributed by atoms with Crippen LogP contribution in [0.25, 0.3) is 0 Å². The molecule has 1 aromatic carbocycles. The summed E-state index contributed by atoms with van der Waals surface area (Å²) in [5, 5.41) is 14.4.